The van der Waals surface area contributed by atoms with E-state index in [9.17, 15) is 25.2 Å². The summed E-state index contributed by atoms with van der Waals surface area (Å²) in [6.45, 7) is 4.09. The summed E-state index contributed by atoms with van der Waals surface area (Å²) in [5, 5.41) is 44.1. The smallest absolute Gasteiger partial charge is 0.249 e. The molecule has 1 amide bonds. The van der Waals surface area contributed by atoms with Gasteiger partial charge in [-0.1, -0.05) is 321 Å². The average molecular weight is 989 g/mol. The normalized spacial score (nSPS) is 13.7. The number of allylic oxidation sites excluding steroid dienone is 4. The second kappa shape index (κ2) is 58.7. The molecule has 0 rings (SSSR count). The van der Waals surface area contributed by atoms with Crippen LogP contribution in [0.4, 0.5) is 0 Å². The molecule has 0 aromatic heterocycles. The third kappa shape index (κ3) is 51.7. The number of rotatable bonds is 59. The van der Waals surface area contributed by atoms with Gasteiger partial charge in [-0.2, -0.15) is 0 Å². The Hall–Kier alpha value is -1.21. The van der Waals surface area contributed by atoms with E-state index in [4.69, 9.17) is 0 Å². The van der Waals surface area contributed by atoms with Gasteiger partial charge in [-0.3, -0.25) is 4.79 Å². The molecule has 0 aliphatic rings. The first-order valence-electron chi connectivity index (χ1n) is 31.7. The Bertz CT molecular complexity index is 1060. The van der Waals surface area contributed by atoms with E-state index in [1.807, 2.05) is 0 Å². The average Bonchev–Trinajstić information content (AvgIpc) is 3.36. The van der Waals surface area contributed by atoms with Crippen LogP contribution in [0.5, 0.6) is 0 Å². The minimum absolute atomic E-state index is 0.365. The van der Waals surface area contributed by atoms with Gasteiger partial charge in [0.25, 0.3) is 0 Å². The zero-order chi connectivity index (χ0) is 50.9. The van der Waals surface area contributed by atoms with Crippen molar-refractivity contribution < 1.29 is 25.2 Å². The van der Waals surface area contributed by atoms with E-state index in [-0.39, 0.29) is 0 Å². The molecule has 0 heterocycles. The molecule has 0 aromatic carbocycles. The number of aliphatic hydroxyl groups is 4. The zero-order valence-electron chi connectivity index (χ0n) is 47.3. The van der Waals surface area contributed by atoms with Gasteiger partial charge >= 0.3 is 0 Å². The molecule has 0 spiro atoms. The molecular formula is C64H125NO5. The van der Waals surface area contributed by atoms with Crippen LogP contribution in [0.1, 0.15) is 348 Å². The van der Waals surface area contributed by atoms with Crippen LogP contribution >= 0.6 is 0 Å². The molecule has 0 radical (unpaired) electrons. The maximum atomic E-state index is 12.6. The predicted octanol–water partition coefficient (Wildman–Crippen LogP) is 19.0. The summed E-state index contributed by atoms with van der Waals surface area (Å²) in [5.74, 6) is -0.590. The van der Waals surface area contributed by atoms with E-state index in [0.29, 0.717) is 19.3 Å². The van der Waals surface area contributed by atoms with Gasteiger partial charge in [-0.15, -0.1) is 0 Å². The Morgan fingerprint density at radius 3 is 0.900 bits per heavy atom. The predicted molar refractivity (Wildman–Crippen MR) is 307 cm³/mol. The second-order valence-electron chi connectivity index (χ2n) is 22.1. The van der Waals surface area contributed by atoms with E-state index in [1.165, 1.54) is 276 Å². The lowest BCUT2D eigenvalue weighted by Crippen LogP contribution is -2.53. The number of hydrogen-bond donors (Lipinski definition) is 5. The highest BCUT2D eigenvalue weighted by Gasteiger charge is 2.28. The van der Waals surface area contributed by atoms with Crippen LogP contribution in [-0.4, -0.2) is 57.3 Å². The first-order chi connectivity index (χ1) is 34.5. The summed E-state index contributed by atoms with van der Waals surface area (Å²) >= 11 is 0. The Balaban J connectivity index is 3.60. The van der Waals surface area contributed by atoms with Crippen molar-refractivity contribution in [2.45, 2.75) is 372 Å². The maximum Gasteiger partial charge on any atom is 0.249 e. The molecule has 0 aliphatic heterocycles. The molecule has 6 heteroatoms. The minimum Gasteiger partial charge on any atom is -0.394 e. The van der Waals surface area contributed by atoms with Gasteiger partial charge < -0.3 is 25.7 Å². The SMILES string of the molecule is CCCCCCCCCCCCCCCCCC/C=C/CC/C=C/CCCC(O)C(O)C(CO)NC(=O)C(O)CCCCCCCCCCCCCCCCCCCCCCCCCCCCCCC. The lowest BCUT2D eigenvalue weighted by Gasteiger charge is -2.27. The maximum absolute atomic E-state index is 12.6. The highest BCUT2D eigenvalue weighted by Crippen LogP contribution is 2.19. The molecular weight excluding hydrogens is 863 g/mol. The summed E-state index contributed by atoms with van der Waals surface area (Å²) in [6, 6.07) is -1.01. The standard InChI is InChI=1S/C64H125NO5/c1-3-5-7-9-11-13-15-17-19-21-23-25-27-29-30-31-32-34-36-38-40-42-44-46-48-50-52-54-56-58-62(68)64(70)65-60(59-66)63(69)61(67)57-55-53-51-49-47-45-43-41-39-37-35-33-28-26-24-22-20-18-16-14-12-10-8-6-4-2/h41,43,49,51,60-63,66-69H,3-40,42,44-48,50,52-59H2,1-2H3,(H,65,70)/b43-41+,51-49+. The van der Waals surface area contributed by atoms with Crippen molar-refractivity contribution in [1.82, 2.24) is 5.32 Å². The fourth-order valence-corrected chi connectivity index (χ4v) is 10.2. The second-order valence-corrected chi connectivity index (χ2v) is 22.1. The number of aliphatic hydroxyl groups excluding tert-OH is 4. The molecule has 0 saturated carbocycles. The highest BCUT2D eigenvalue weighted by atomic mass is 16.3. The number of carbonyl (C=O) groups is 1. The van der Waals surface area contributed by atoms with Crippen molar-refractivity contribution in [2.24, 2.45) is 0 Å². The van der Waals surface area contributed by atoms with Crippen molar-refractivity contribution in [1.29, 1.82) is 0 Å². The Kier molecular flexibility index (Phi) is 57.7. The van der Waals surface area contributed by atoms with Gasteiger partial charge in [-0.05, 0) is 51.4 Å². The third-order valence-electron chi connectivity index (χ3n) is 15.1. The number of carbonyl (C=O) groups excluding carboxylic acids is 1. The van der Waals surface area contributed by atoms with E-state index >= 15 is 0 Å². The summed E-state index contributed by atoms with van der Waals surface area (Å²) in [7, 11) is 0. The molecule has 4 atom stereocenters. The first-order valence-corrected chi connectivity index (χ1v) is 31.7. The molecule has 6 nitrogen and oxygen atoms in total. The van der Waals surface area contributed by atoms with Crippen LogP contribution in [0.15, 0.2) is 24.3 Å². The molecule has 0 fully saturated rings. The summed E-state index contributed by atoms with van der Waals surface area (Å²) in [6.07, 6.45) is 72.8. The number of unbranched alkanes of at least 4 members (excludes halogenated alkanes) is 46. The largest absolute Gasteiger partial charge is 0.394 e. The van der Waals surface area contributed by atoms with Crippen molar-refractivity contribution in [3.05, 3.63) is 24.3 Å². The van der Waals surface area contributed by atoms with Crippen LogP contribution in [0.25, 0.3) is 0 Å². The molecule has 416 valence electrons. The van der Waals surface area contributed by atoms with Crippen LogP contribution in [0, 0.1) is 0 Å². The fraction of sp³-hybridized carbons (Fsp3) is 0.922. The van der Waals surface area contributed by atoms with Gasteiger partial charge in [-0.25, -0.2) is 0 Å². The molecule has 0 bridgehead atoms. The quantitative estimate of drug-likeness (QED) is 0.0308. The number of nitrogens with one attached hydrogen (secondary N) is 1. The van der Waals surface area contributed by atoms with Crippen molar-refractivity contribution >= 4 is 5.91 Å². The lowest BCUT2D eigenvalue weighted by atomic mass is 10.00. The van der Waals surface area contributed by atoms with E-state index in [2.05, 4.69) is 43.5 Å². The molecule has 0 aliphatic carbocycles. The molecule has 0 saturated heterocycles. The van der Waals surface area contributed by atoms with Gasteiger partial charge in [0.2, 0.25) is 5.91 Å². The number of amides is 1. The van der Waals surface area contributed by atoms with Gasteiger partial charge in [0.05, 0.1) is 18.8 Å². The highest BCUT2D eigenvalue weighted by molar-refractivity contribution is 5.80. The Morgan fingerprint density at radius 1 is 0.343 bits per heavy atom. The number of hydrogen-bond acceptors (Lipinski definition) is 5. The van der Waals surface area contributed by atoms with E-state index in [1.54, 1.807) is 0 Å². The minimum atomic E-state index is -1.29. The zero-order valence-corrected chi connectivity index (χ0v) is 47.3. The van der Waals surface area contributed by atoms with Gasteiger partial charge in [0, 0.05) is 0 Å². The lowest BCUT2D eigenvalue weighted by molar-refractivity contribution is -0.132. The fourth-order valence-electron chi connectivity index (χ4n) is 10.2. The molecule has 4 unspecified atom stereocenters. The first kappa shape index (κ1) is 68.8. The third-order valence-corrected chi connectivity index (χ3v) is 15.1. The van der Waals surface area contributed by atoms with Crippen LogP contribution in [0.2, 0.25) is 0 Å². The summed E-state index contributed by atoms with van der Waals surface area (Å²) in [4.78, 5) is 12.6. The van der Waals surface area contributed by atoms with E-state index in [0.717, 1.165) is 38.5 Å². The van der Waals surface area contributed by atoms with Crippen LogP contribution in [-0.2, 0) is 4.79 Å². The monoisotopic (exact) mass is 988 g/mol. The molecule has 5 N–H and O–H groups in total. The van der Waals surface area contributed by atoms with Crippen LogP contribution in [0.3, 0.4) is 0 Å². The van der Waals surface area contributed by atoms with E-state index < -0.39 is 36.9 Å². The Morgan fingerprint density at radius 2 is 0.600 bits per heavy atom. The van der Waals surface area contributed by atoms with Crippen molar-refractivity contribution in [2.75, 3.05) is 6.61 Å². The van der Waals surface area contributed by atoms with Gasteiger partial charge in [0.1, 0.15) is 12.2 Å². The van der Waals surface area contributed by atoms with Crippen LogP contribution < -0.4 is 5.32 Å². The summed E-state index contributed by atoms with van der Waals surface area (Å²) in [5.41, 5.74) is 0. The van der Waals surface area contributed by atoms with Gasteiger partial charge in [0.15, 0.2) is 0 Å². The van der Waals surface area contributed by atoms with Crippen molar-refractivity contribution in [3.63, 3.8) is 0 Å². The molecule has 70 heavy (non-hydrogen) atoms. The molecule has 0 aromatic rings. The van der Waals surface area contributed by atoms with Crippen molar-refractivity contribution in [3.8, 4) is 0 Å². The Labute approximate surface area is 437 Å². The summed E-state index contributed by atoms with van der Waals surface area (Å²) < 4.78 is 0. The topological polar surface area (TPSA) is 110 Å².